The second-order valence-corrected chi connectivity index (χ2v) is 4.48. The third-order valence-corrected chi connectivity index (χ3v) is 3.13. The summed E-state index contributed by atoms with van der Waals surface area (Å²) in [5.41, 5.74) is 2.07. The van der Waals surface area contributed by atoms with Crippen molar-refractivity contribution in [2.75, 3.05) is 0 Å². The maximum absolute atomic E-state index is 11.3. The second kappa shape index (κ2) is 6.14. The molecule has 0 atom stereocenters. The first-order valence-corrected chi connectivity index (χ1v) is 6.55. The third kappa shape index (κ3) is 2.99. The molecule has 3 heteroatoms. The molecule has 1 aromatic heterocycles. The van der Waals surface area contributed by atoms with Gasteiger partial charge in [0.05, 0.1) is 11.1 Å². The van der Waals surface area contributed by atoms with Gasteiger partial charge in [-0.25, -0.2) is 4.79 Å². The molecule has 1 N–H and O–H groups in total. The standard InChI is InChI=1S/C16H17NO2/c1-2-3-11-17-12-7-6-10-15(17)13-8-4-5-9-14(13)16(18)19/h4-10,12H,2-3,11H2,1H3/p+1. The predicted molar refractivity (Wildman–Crippen MR) is 73.9 cm³/mol. The number of benzene rings is 1. The number of aromatic nitrogens is 1. The van der Waals surface area contributed by atoms with Crippen LogP contribution in [0.5, 0.6) is 0 Å². The molecule has 0 saturated carbocycles. The Bertz CT molecular complexity index is 578. The van der Waals surface area contributed by atoms with E-state index < -0.39 is 5.97 Å². The van der Waals surface area contributed by atoms with Crippen LogP contribution in [0.2, 0.25) is 0 Å². The van der Waals surface area contributed by atoms with Crippen molar-refractivity contribution in [3.05, 3.63) is 54.2 Å². The summed E-state index contributed by atoms with van der Waals surface area (Å²) >= 11 is 0. The van der Waals surface area contributed by atoms with E-state index in [4.69, 9.17) is 0 Å². The molecular weight excluding hydrogens is 238 g/mol. The number of nitrogens with zero attached hydrogens (tertiary/aromatic N) is 1. The van der Waals surface area contributed by atoms with E-state index in [1.807, 2.05) is 36.5 Å². The van der Waals surface area contributed by atoms with E-state index >= 15 is 0 Å². The maximum Gasteiger partial charge on any atom is 0.336 e. The summed E-state index contributed by atoms with van der Waals surface area (Å²) < 4.78 is 2.12. The summed E-state index contributed by atoms with van der Waals surface area (Å²) in [5, 5.41) is 9.28. The Kier molecular flexibility index (Phi) is 4.29. The average Bonchev–Trinajstić information content (AvgIpc) is 2.45. The molecule has 98 valence electrons. The summed E-state index contributed by atoms with van der Waals surface area (Å²) in [6, 6.07) is 13.0. The first-order chi connectivity index (χ1) is 9.24. The van der Waals surface area contributed by atoms with Crippen molar-refractivity contribution >= 4 is 5.97 Å². The smallest absolute Gasteiger partial charge is 0.336 e. The van der Waals surface area contributed by atoms with Crippen LogP contribution in [0.4, 0.5) is 0 Å². The topological polar surface area (TPSA) is 41.2 Å². The Morgan fingerprint density at radius 3 is 2.63 bits per heavy atom. The Labute approximate surface area is 113 Å². The molecule has 2 aromatic rings. The minimum absolute atomic E-state index is 0.346. The second-order valence-electron chi connectivity index (χ2n) is 4.48. The van der Waals surface area contributed by atoms with Gasteiger partial charge >= 0.3 is 5.97 Å². The average molecular weight is 256 g/mol. The molecule has 0 unspecified atom stereocenters. The van der Waals surface area contributed by atoms with Gasteiger partial charge in [-0.15, -0.1) is 0 Å². The SMILES string of the molecule is CCCC[n+]1ccccc1-c1ccccc1C(=O)O. The largest absolute Gasteiger partial charge is 0.478 e. The molecule has 0 aliphatic carbocycles. The van der Waals surface area contributed by atoms with E-state index in [1.165, 1.54) is 0 Å². The maximum atomic E-state index is 11.3. The van der Waals surface area contributed by atoms with Gasteiger partial charge in [0.15, 0.2) is 6.20 Å². The van der Waals surface area contributed by atoms with Crippen LogP contribution in [-0.4, -0.2) is 11.1 Å². The van der Waals surface area contributed by atoms with Gasteiger partial charge in [0.1, 0.15) is 6.54 Å². The zero-order chi connectivity index (χ0) is 13.7. The van der Waals surface area contributed by atoms with Crippen LogP contribution in [-0.2, 0) is 6.54 Å². The normalized spacial score (nSPS) is 10.4. The fourth-order valence-electron chi connectivity index (χ4n) is 2.14. The van der Waals surface area contributed by atoms with E-state index in [0.29, 0.717) is 5.56 Å². The fraction of sp³-hybridized carbons (Fsp3) is 0.250. The van der Waals surface area contributed by atoms with E-state index in [-0.39, 0.29) is 0 Å². The van der Waals surface area contributed by atoms with Crippen molar-refractivity contribution in [1.82, 2.24) is 0 Å². The number of rotatable bonds is 5. The van der Waals surface area contributed by atoms with E-state index in [9.17, 15) is 9.90 Å². The van der Waals surface area contributed by atoms with Gasteiger partial charge < -0.3 is 5.11 Å². The lowest BCUT2D eigenvalue weighted by Gasteiger charge is -2.06. The fourth-order valence-corrected chi connectivity index (χ4v) is 2.14. The molecule has 19 heavy (non-hydrogen) atoms. The molecule has 0 amide bonds. The zero-order valence-corrected chi connectivity index (χ0v) is 11.0. The quantitative estimate of drug-likeness (QED) is 0.835. The minimum Gasteiger partial charge on any atom is -0.478 e. The Morgan fingerprint density at radius 2 is 1.89 bits per heavy atom. The van der Waals surface area contributed by atoms with E-state index in [1.54, 1.807) is 12.1 Å². The van der Waals surface area contributed by atoms with Gasteiger partial charge in [0, 0.05) is 18.6 Å². The molecule has 0 saturated heterocycles. The van der Waals surface area contributed by atoms with Crippen molar-refractivity contribution in [3.63, 3.8) is 0 Å². The zero-order valence-electron chi connectivity index (χ0n) is 11.0. The van der Waals surface area contributed by atoms with Crippen molar-refractivity contribution < 1.29 is 14.5 Å². The molecular formula is C16H18NO2+. The lowest BCUT2D eigenvalue weighted by Crippen LogP contribution is -2.36. The monoisotopic (exact) mass is 256 g/mol. The molecule has 0 spiro atoms. The van der Waals surface area contributed by atoms with Crippen molar-refractivity contribution in [3.8, 4) is 11.3 Å². The van der Waals surface area contributed by atoms with E-state index in [2.05, 4.69) is 11.5 Å². The molecule has 0 aliphatic rings. The minimum atomic E-state index is -0.888. The number of carboxylic acids is 1. The van der Waals surface area contributed by atoms with Crippen molar-refractivity contribution in [2.24, 2.45) is 0 Å². The number of unbranched alkanes of at least 4 members (excludes halogenated alkanes) is 1. The molecule has 0 aliphatic heterocycles. The van der Waals surface area contributed by atoms with Gasteiger partial charge in [-0.1, -0.05) is 25.5 Å². The van der Waals surface area contributed by atoms with Crippen LogP contribution >= 0.6 is 0 Å². The van der Waals surface area contributed by atoms with Crippen LogP contribution in [0.1, 0.15) is 30.1 Å². The number of aromatic carboxylic acids is 1. The van der Waals surface area contributed by atoms with Crippen LogP contribution in [0.25, 0.3) is 11.3 Å². The number of hydrogen-bond acceptors (Lipinski definition) is 1. The molecule has 2 rings (SSSR count). The summed E-state index contributed by atoms with van der Waals surface area (Å²) in [5.74, 6) is -0.888. The third-order valence-electron chi connectivity index (χ3n) is 3.13. The van der Waals surface area contributed by atoms with Gasteiger partial charge in [-0.2, -0.15) is 4.57 Å². The molecule has 1 aromatic carbocycles. The Hall–Kier alpha value is -2.16. The summed E-state index contributed by atoms with van der Waals surface area (Å²) in [6.07, 6.45) is 4.20. The lowest BCUT2D eigenvalue weighted by atomic mass is 10.0. The Morgan fingerprint density at radius 1 is 1.16 bits per heavy atom. The van der Waals surface area contributed by atoms with Gasteiger partial charge in [0.2, 0.25) is 5.69 Å². The molecule has 0 fully saturated rings. The van der Waals surface area contributed by atoms with Crippen molar-refractivity contribution in [1.29, 1.82) is 0 Å². The number of hydrogen-bond donors (Lipinski definition) is 1. The van der Waals surface area contributed by atoms with E-state index in [0.717, 1.165) is 30.6 Å². The van der Waals surface area contributed by atoms with Crippen LogP contribution < -0.4 is 4.57 Å². The Balaban J connectivity index is 2.50. The molecule has 3 nitrogen and oxygen atoms in total. The predicted octanol–water partition coefficient (Wildman–Crippen LogP) is 3.14. The van der Waals surface area contributed by atoms with Crippen molar-refractivity contribution in [2.45, 2.75) is 26.3 Å². The van der Waals surface area contributed by atoms with Gasteiger partial charge in [-0.05, 0) is 18.2 Å². The highest BCUT2D eigenvalue weighted by molar-refractivity contribution is 5.94. The van der Waals surface area contributed by atoms with Crippen LogP contribution in [0.3, 0.4) is 0 Å². The highest BCUT2D eigenvalue weighted by atomic mass is 16.4. The lowest BCUT2D eigenvalue weighted by molar-refractivity contribution is -0.686. The summed E-state index contributed by atoms with van der Waals surface area (Å²) in [6.45, 7) is 3.05. The molecule has 0 radical (unpaired) electrons. The molecule has 1 heterocycles. The number of pyridine rings is 1. The summed E-state index contributed by atoms with van der Waals surface area (Å²) in [4.78, 5) is 11.3. The number of carboxylic acid groups (broad SMARTS) is 1. The number of carbonyl (C=O) groups is 1. The highest BCUT2D eigenvalue weighted by Gasteiger charge is 2.18. The summed E-state index contributed by atoms with van der Waals surface area (Å²) in [7, 11) is 0. The van der Waals surface area contributed by atoms with Gasteiger partial charge in [-0.3, -0.25) is 0 Å². The van der Waals surface area contributed by atoms with Crippen LogP contribution in [0, 0.1) is 0 Å². The molecule has 0 bridgehead atoms. The first kappa shape index (κ1) is 13.3. The number of aryl methyl sites for hydroxylation is 1. The van der Waals surface area contributed by atoms with Gasteiger partial charge in [0.25, 0.3) is 0 Å². The highest BCUT2D eigenvalue weighted by Crippen LogP contribution is 2.20. The van der Waals surface area contributed by atoms with Crippen LogP contribution in [0.15, 0.2) is 48.7 Å². The first-order valence-electron chi connectivity index (χ1n) is 6.55.